The molecule has 180 valence electrons. The van der Waals surface area contributed by atoms with Gasteiger partial charge >= 0.3 is 0 Å². The molecule has 11 nitrogen and oxygen atoms in total. The molecule has 6 rings (SSSR count). The van der Waals surface area contributed by atoms with Gasteiger partial charge in [-0.3, -0.25) is 14.3 Å². The Morgan fingerprint density at radius 3 is 2.69 bits per heavy atom. The number of fused-ring (bicyclic) bond motifs is 2. The number of hydrogen-bond acceptors (Lipinski definition) is 8. The summed E-state index contributed by atoms with van der Waals surface area (Å²) in [5.41, 5.74) is 9.59. The number of anilines is 2. The monoisotopic (exact) mass is 481 g/mol. The van der Waals surface area contributed by atoms with Gasteiger partial charge in [0.05, 0.1) is 18.1 Å². The van der Waals surface area contributed by atoms with Crippen LogP contribution in [0.5, 0.6) is 0 Å². The van der Waals surface area contributed by atoms with Crippen molar-refractivity contribution in [3.05, 3.63) is 64.6 Å². The molecular weight excluding hydrogens is 458 g/mol. The van der Waals surface area contributed by atoms with Crippen molar-refractivity contribution in [3.8, 4) is 11.3 Å². The summed E-state index contributed by atoms with van der Waals surface area (Å²) in [6.07, 6.45) is 9.41. The van der Waals surface area contributed by atoms with Gasteiger partial charge in [0.1, 0.15) is 17.2 Å². The average molecular weight is 482 g/mol. The molecule has 0 aliphatic heterocycles. The molecule has 3 N–H and O–H groups in total. The lowest BCUT2D eigenvalue weighted by atomic mass is 10.0. The average Bonchev–Trinajstić information content (AvgIpc) is 3.54. The Balaban J connectivity index is 1.32. The van der Waals surface area contributed by atoms with Crippen LogP contribution in [0.4, 0.5) is 11.6 Å². The van der Waals surface area contributed by atoms with Gasteiger partial charge in [-0.25, -0.2) is 19.6 Å². The van der Waals surface area contributed by atoms with E-state index in [1.165, 1.54) is 4.68 Å². The standard InChI is InChI=1S/C25H23N9O2/c1-12-17(8-28-22-18(12)10-30-34(3)25(22)36)20-4-13-5-21(27-9-19(13)23(26)31-20)32-24(35)16-6-15(16)14-7-29-33(2)11-14/h4-5,7-11,15-16H,6H2,1-3H3,(H2,26,31)(H,27,32,35)/t15-,16+/m1/s1. The maximum absolute atomic E-state index is 12.8. The summed E-state index contributed by atoms with van der Waals surface area (Å²) in [4.78, 5) is 38.5. The van der Waals surface area contributed by atoms with Gasteiger partial charge in [-0.05, 0) is 47.9 Å². The number of nitrogens with one attached hydrogen (secondary N) is 1. The molecule has 5 aromatic heterocycles. The number of pyridine rings is 3. The molecule has 11 heteroatoms. The molecule has 0 unspecified atom stereocenters. The van der Waals surface area contributed by atoms with Crippen molar-refractivity contribution in [1.29, 1.82) is 0 Å². The highest BCUT2D eigenvalue weighted by atomic mass is 16.2. The maximum atomic E-state index is 12.8. The Kier molecular flexibility index (Phi) is 4.82. The molecule has 5 heterocycles. The fourth-order valence-corrected chi connectivity index (χ4v) is 4.64. The predicted octanol–water partition coefficient (Wildman–Crippen LogP) is 2.31. The van der Waals surface area contributed by atoms with E-state index in [1.54, 1.807) is 42.6 Å². The van der Waals surface area contributed by atoms with Gasteiger partial charge in [-0.2, -0.15) is 10.2 Å². The van der Waals surface area contributed by atoms with Crippen molar-refractivity contribution in [3.63, 3.8) is 0 Å². The zero-order valence-corrected chi connectivity index (χ0v) is 19.9. The molecule has 2 atom stereocenters. The zero-order valence-electron chi connectivity index (χ0n) is 19.9. The van der Waals surface area contributed by atoms with Crippen molar-refractivity contribution in [2.24, 2.45) is 20.0 Å². The second-order valence-corrected chi connectivity index (χ2v) is 9.20. The van der Waals surface area contributed by atoms with E-state index >= 15 is 0 Å². The van der Waals surface area contributed by atoms with Gasteiger partial charge in [0, 0.05) is 54.9 Å². The van der Waals surface area contributed by atoms with E-state index in [2.05, 4.69) is 30.5 Å². The number of nitrogens with zero attached hydrogens (tertiary/aromatic N) is 7. The quantitative estimate of drug-likeness (QED) is 0.397. The summed E-state index contributed by atoms with van der Waals surface area (Å²) in [7, 11) is 3.45. The number of nitrogen functional groups attached to an aromatic ring is 1. The maximum Gasteiger partial charge on any atom is 0.292 e. The molecule has 1 saturated carbocycles. The second kappa shape index (κ2) is 7.94. The largest absolute Gasteiger partial charge is 0.383 e. The fourth-order valence-electron chi connectivity index (χ4n) is 4.64. The number of carbonyl (C=O) groups excluding carboxylic acids is 1. The number of aryl methyl sites for hydroxylation is 3. The molecule has 0 saturated heterocycles. The SMILES string of the molecule is Cc1c(-c2cc3cc(NC(=O)[C@H]4C[C@@H]4c4cnn(C)c4)ncc3c(N)n2)cnc2c(=O)n(C)ncc12. The van der Waals surface area contributed by atoms with Crippen molar-refractivity contribution in [2.45, 2.75) is 19.3 Å². The van der Waals surface area contributed by atoms with Crippen LogP contribution in [0.1, 0.15) is 23.5 Å². The molecule has 1 aliphatic carbocycles. The number of carbonyl (C=O) groups is 1. The van der Waals surface area contributed by atoms with Crippen LogP contribution in [-0.4, -0.2) is 40.4 Å². The van der Waals surface area contributed by atoms with E-state index in [4.69, 9.17) is 5.73 Å². The van der Waals surface area contributed by atoms with Gasteiger partial charge < -0.3 is 11.1 Å². The van der Waals surface area contributed by atoms with E-state index in [0.717, 1.165) is 28.5 Å². The normalized spacial score (nSPS) is 17.0. The lowest BCUT2D eigenvalue weighted by molar-refractivity contribution is -0.117. The highest BCUT2D eigenvalue weighted by Crippen LogP contribution is 2.47. The van der Waals surface area contributed by atoms with Gasteiger partial charge in [0.25, 0.3) is 5.56 Å². The summed E-state index contributed by atoms with van der Waals surface area (Å²) >= 11 is 0. The minimum Gasteiger partial charge on any atom is -0.383 e. The number of rotatable bonds is 4. The highest BCUT2D eigenvalue weighted by molar-refractivity contribution is 5.99. The summed E-state index contributed by atoms with van der Waals surface area (Å²) < 4.78 is 3.00. The molecular formula is C25H23N9O2. The van der Waals surface area contributed by atoms with Crippen LogP contribution in [0.25, 0.3) is 32.9 Å². The summed E-state index contributed by atoms with van der Waals surface area (Å²) in [6.45, 7) is 1.90. The third-order valence-electron chi connectivity index (χ3n) is 6.79. The predicted molar refractivity (Wildman–Crippen MR) is 135 cm³/mol. The van der Waals surface area contributed by atoms with Crippen molar-refractivity contribution in [1.82, 2.24) is 34.5 Å². The van der Waals surface area contributed by atoms with Crippen LogP contribution in [0.15, 0.2) is 47.9 Å². The zero-order chi connectivity index (χ0) is 25.1. The Morgan fingerprint density at radius 2 is 1.92 bits per heavy atom. The lowest BCUT2D eigenvalue weighted by Crippen LogP contribution is -2.20. The first-order chi connectivity index (χ1) is 17.3. The van der Waals surface area contributed by atoms with Gasteiger partial charge in [0.2, 0.25) is 5.91 Å². The first-order valence-electron chi connectivity index (χ1n) is 11.5. The molecule has 1 aliphatic rings. The highest BCUT2D eigenvalue weighted by Gasteiger charge is 2.44. The third kappa shape index (κ3) is 3.56. The van der Waals surface area contributed by atoms with Crippen molar-refractivity contribution >= 4 is 39.2 Å². The molecule has 36 heavy (non-hydrogen) atoms. The van der Waals surface area contributed by atoms with Gasteiger partial charge in [-0.1, -0.05) is 0 Å². The first-order valence-corrected chi connectivity index (χ1v) is 11.5. The number of amides is 1. The molecule has 0 radical (unpaired) electrons. The minimum atomic E-state index is -0.263. The Labute approximate surface area is 205 Å². The molecule has 0 aromatic carbocycles. The van der Waals surface area contributed by atoms with Crippen LogP contribution >= 0.6 is 0 Å². The van der Waals surface area contributed by atoms with Gasteiger partial charge in [0.15, 0.2) is 0 Å². The van der Waals surface area contributed by atoms with E-state index in [9.17, 15) is 9.59 Å². The first kappa shape index (κ1) is 21.8. The molecule has 1 amide bonds. The van der Waals surface area contributed by atoms with E-state index in [0.29, 0.717) is 33.6 Å². The van der Waals surface area contributed by atoms with Crippen LogP contribution in [0.2, 0.25) is 0 Å². The van der Waals surface area contributed by atoms with Crippen LogP contribution < -0.4 is 16.6 Å². The summed E-state index contributed by atoms with van der Waals surface area (Å²) in [6, 6.07) is 3.67. The summed E-state index contributed by atoms with van der Waals surface area (Å²) in [5, 5.41) is 13.4. The fraction of sp³-hybridized carbons (Fsp3) is 0.240. The third-order valence-corrected chi connectivity index (χ3v) is 6.79. The molecule has 1 fully saturated rings. The summed E-state index contributed by atoms with van der Waals surface area (Å²) in [5.74, 6) is 0.773. The number of aromatic nitrogens is 7. The van der Waals surface area contributed by atoms with Gasteiger partial charge in [-0.15, -0.1) is 0 Å². The van der Waals surface area contributed by atoms with Crippen LogP contribution in [0, 0.1) is 12.8 Å². The Bertz CT molecular complexity index is 1750. The van der Waals surface area contributed by atoms with Crippen molar-refractivity contribution < 1.29 is 4.79 Å². The van der Waals surface area contributed by atoms with Crippen molar-refractivity contribution in [2.75, 3.05) is 11.1 Å². The minimum absolute atomic E-state index is 0.0680. The molecule has 0 bridgehead atoms. The Hall–Kier alpha value is -4.67. The number of nitrogens with two attached hydrogens (primary N) is 1. The van der Waals surface area contributed by atoms with Crippen LogP contribution in [-0.2, 0) is 18.9 Å². The number of hydrogen-bond donors (Lipinski definition) is 2. The smallest absolute Gasteiger partial charge is 0.292 e. The topological polar surface area (TPSA) is 146 Å². The molecule has 0 spiro atoms. The lowest BCUT2D eigenvalue weighted by Gasteiger charge is -2.11. The van der Waals surface area contributed by atoms with E-state index in [1.807, 2.05) is 26.2 Å². The second-order valence-electron chi connectivity index (χ2n) is 9.20. The van der Waals surface area contributed by atoms with Crippen LogP contribution in [0.3, 0.4) is 0 Å². The van der Waals surface area contributed by atoms with E-state index in [-0.39, 0.29) is 23.3 Å². The molecule has 5 aromatic rings. The van der Waals surface area contributed by atoms with E-state index < -0.39 is 0 Å². The Morgan fingerprint density at radius 1 is 1.08 bits per heavy atom.